The summed E-state index contributed by atoms with van der Waals surface area (Å²) in [7, 11) is -3.64. The van der Waals surface area contributed by atoms with Crippen molar-refractivity contribution in [2.75, 3.05) is 25.9 Å². The molecule has 4 aliphatic rings. The third-order valence-corrected chi connectivity index (χ3v) is 9.89. The summed E-state index contributed by atoms with van der Waals surface area (Å²) in [6, 6.07) is 7.34. The zero-order valence-corrected chi connectivity index (χ0v) is 18.5. The quantitative estimate of drug-likeness (QED) is 0.749. The minimum Gasteiger partial charge on any atom is -0.303 e. The summed E-state index contributed by atoms with van der Waals surface area (Å²) < 4.78 is 27.3. The van der Waals surface area contributed by atoms with Crippen molar-refractivity contribution in [3.63, 3.8) is 0 Å². The highest BCUT2D eigenvalue weighted by Gasteiger charge is 2.63. The number of piperidine rings is 1. The topological polar surface area (TPSA) is 64.3 Å². The number of nitrogens with zero attached hydrogens (tertiary/aromatic N) is 3. The van der Waals surface area contributed by atoms with E-state index < -0.39 is 15.7 Å². The highest BCUT2D eigenvalue weighted by molar-refractivity contribution is 7.89. The molecule has 2 bridgehead atoms. The Morgan fingerprint density at radius 3 is 2.40 bits per heavy atom. The first-order valence-electron chi connectivity index (χ1n) is 11.5. The standard InChI is InChI=1S/C23H31N3O3S/c1-30(28,29)26-21-5-3-2-4-20(21)25(22(26)27)18-8-12-24(13-9-18)15-19-16-6-7-17(14-16)23(19)10-11-23/h2-5,16-19H,6-15H2,1H3. The molecule has 0 amide bonds. The Kier molecular flexibility index (Phi) is 4.11. The van der Waals surface area contributed by atoms with Crippen molar-refractivity contribution in [3.05, 3.63) is 34.7 Å². The number of hydrogen-bond donors (Lipinski definition) is 0. The average Bonchev–Trinajstić information content (AvgIpc) is 3.11. The second-order valence-corrected chi connectivity index (χ2v) is 12.1. The Morgan fingerprint density at radius 2 is 1.73 bits per heavy atom. The predicted molar refractivity (Wildman–Crippen MR) is 117 cm³/mol. The maximum Gasteiger partial charge on any atom is 0.343 e. The molecule has 6 rings (SSSR count). The molecule has 162 valence electrons. The number of benzene rings is 1. The molecule has 1 aromatic carbocycles. The molecule has 3 saturated carbocycles. The normalized spacial score (nSPS) is 31.2. The second-order valence-electron chi connectivity index (χ2n) is 10.3. The van der Waals surface area contributed by atoms with Crippen molar-refractivity contribution < 1.29 is 8.42 Å². The lowest BCUT2D eigenvalue weighted by Gasteiger charge is -2.39. The molecular formula is C23H31N3O3S. The molecule has 2 heterocycles. The summed E-state index contributed by atoms with van der Waals surface area (Å²) >= 11 is 0. The molecule has 30 heavy (non-hydrogen) atoms. The number of likely N-dealkylation sites (tertiary alicyclic amines) is 1. The van der Waals surface area contributed by atoms with Crippen LogP contribution in [0.3, 0.4) is 0 Å². The first-order valence-corrected chi connectivity index (χ1v) is 13.4. The Morgan fingerprint density at radius 1 is 1.03 bits per heavy atom. The zero-order chi connectivity index (χ0) is 20.7. The molecule has 1 aliphatic heterocycles. The van der Waals surface area contributed by atoms with Crippen LogP contribution in [0.1, 0.15) is 51.0 Å². The summed E-state index contributed by atoms with van der Waals surface area (Å²) in [5.74, 6) is 2.85. The summed E-state index contributed by atoms with van der Waals surface area (Å²) in [6.45, 7) is 3.23. The highest BCUT2D eigenvalue weighted by atomic mass is 32.2. The van der Waals surface area contributed by atoms with Gasteiger partial charge in [-0.05, 0) is 80.2 Å². The van der Waals surface area contributed by atoms with Crippen LogP contribution in [-0.4, -0.2) is 47.7 Å². The minimum absolute atomic E-state index is 0.0663. The predicted octanol–water partition coefficient (Wildman–Crippen LogP) is 3.07. The number of aromatic nitrogens is 2. The molecule has 1 aromatic heterocycles. The van der Waals surface area contributed by atoms with Crippen LogP contribution in [0.15, 0.2) is 29.1 Å². The lowest BCUT2D eigenvalue weighted by Crippen LogP contribution is -2.42. The molecule has 0 N–H and O–H groups in total. The molecule has 3 unspecified atom stereocenters. The minimum atomic E-state index is -3.64. The van der Waals surface area contributed by atoms with E-state index in [1.54, 1.807) is 16.7 Å². The van der Waals surface area contributed by atoms with Gasteiger partial charge in [0.05, 0.1) is 17.3 Å². The lowest BCUT2D eigenvalue weighted by atomic mass is 9.76. The van der Waals surface area contributed by atoms with Crippen LogP contribution in [0.4, 0.5) is 0 Å². The number of imidazole rings is 1. The van der Waals surface area contributed by atoms with Gasteiger partial charge in [0.1, 0.15) is 0 Å². The van der Waals surface area contributed by atoms with Crippen molar-refractivity contribution in [2.45, 2.75) is 51.0 Å². The van der Waals surface area contributed by atoms with Gasteiger partial charge >= 0.3 is 5.69 Å². The third kappa shape index (κ3) is 2.70. The Labute approximate surface area is 177 Å². The van der Waals surface area contributed by atoms with Gasteiger partial charge in [0.15, 0.2) is 0 Å². The van der Waals surface area contributed by atoms with E-state index in [4.69, 9.17) is 0 Å². The molecular weight excluding hydrogens is 398 g/mol. The third-order valence-electron chi connectivity index (χ3n) is 8.87. The van der Waals surface area contributed by atoms with Gasteiger partial charge in [-0.25, -0.2) is 13.2 Å². The van der Waals surface area contributed by atoms with Crippen molar-refractivity contribution in [2.24, 2.45) is 23.2 Å². The van der Waals surface area contributed by atoms with Crippen LogP contribution in [-0.2, 0) is 10.0 Å². The molecule has 3 aliphatic carbocycles. The molecule has 2 aromatic rings. The van der Waals surface area contributed by atoms with Gasteiger partial charge in [-0.15, -0.1) is 0 Å². The van der Waals surface area contributed by atoms with Crippen LogP contribution in [0.25, 0.3) is 11.0 Å². The maximum absolute atomic E-state index is 13.1. The van der Waals surface area contributed by atoms with Gasteiger partial charge in [0.25, 0.3) is 0 Å². The van der Waals surface area contributed by atoms with Gasteiger partial charge < -0.3 is 4.90 Å². The average molecular weight is 430 g/mol. The molecule has 4 fully saturated rings. The maximum atomic E-state index is 13.1. The van der Waals surface area contributed by atoms with E-state index >= 15 is 0 Å². The van der Waals surface area contributed by atoms with Crippen LogP contribution in [0.2, 0.25) is 0 Å². The van der Waals surface area contributed by atoms with E-state index in [9.17, 15) is 13.2 Å². The Bertz CT molecular complexity index is 1150. The Hall–Kier alpha value is -1.60. The molecule has 3 atom stereocenters. The van der Waals surface area contributed by atoms with Crippen LogP contribution in [0, 0.1) is 23.2 Å². The van der Waals surface area contributed by atoms with Crippen molar-refractivity contribution >= 4 is 21.1 Å². The molecule has 0 radical (unpaired) electrons. The van der Waals surface area contributed by atoms with Crippen molar-refractivity contribution in [1.82, 2.24) is 13.4 Å². The van der Waals surface area contributed by atoms with Gasteiger partial charge in [0.2, 0.25) is 10.0 Å². The summed E-state index contributed by atoms with van der Waals surface area (Å²) in [5.41, 5.74) is 1.50. The molecule has 6 nitrogen and oxygen atoms in total. The Balaban J connectivity index is 1.23. The van der Waals surface area contributed by atoms with E-state index in [1.165, 1.54) is 38.6 Å². The van der Waals surface area contributed by atoms with E-state index in [0.717, 1.165) is 59.4 Å². The van der Waals surface area contributed by atoms with Gasteiger partial charge in [-0.2, -0.15) is 3.97 Å². The van der Waals surface area contributed by atoms with E-state index in [-0.39, 0.29) is 6.04 Å². The largest absolute Gasteiger partial charge is 0.343 e. The van der Waals surface area contributed by atoms with Crippen LogP contribution >= 0.6 is 0 Å². The fourth-order valence-corrected chi connectivity index (χ4v) is 8.27. The van der Waals surface area contributed by atoms with Gasteiger partial charge in [0, 0.05) is 25.7 Å². The molecule has 1 saturated heterocycles. The van der Waals surface area contributed by atoms with Gasteiger partial charge in [-0.1, -0.05) is 12.1 Å². The zero-order valence-electron chi connectivity index (χ0n) is 17.7. The number of hydrogen-bond acceptors (Lipinski definition) is 4. The first-order chi connectivity index (χ1) is 14.4. The van der Waals surface area contributed by atoms with E-state index in [2.05, 4.69) is 4.90 Å². The first kappa shape index (κ1) is 19.1. The summed E-state index contributed by atoms with van der Waals surface area (Å²) in [4.78, 5) is 15.7. The van der Waals surface area contributed by atoms with E-state index in [1.807, 2.05) is 12.1 Å². The fraction of sp³-hybridized carbons (Fsp3) is 0.696. The number of fused-ring (bicyclic) bond motifs is 4. The fourth-order valence-electron chi connectivity index (χ4n) is 7.39. The molecule has 1 spiro atoms. The smallest absolute Gasteiger partial charge is 0.303 e. The SMILES string of the molecule is CS(=O)(=O)n1c(=O)n(C2CCN(CC3C4CCC(C4)C34CC4)CC2)c2ccccc21. The monoisotopic (exact) mass is 429 g/mol. The summed E-state index contributed by atoms with van der Waals surface area (Å²) in [6.07, 6.45) is 10.2. The van der Waals surface area contributed by atoms with E-state index in [0.29, 0.717) is 10.9 Å². The molecule has 7 heteroatoms. The summed E-state index contributed by atoms with van der Waals surface area (Å²) in [5, 5.41) is 0. The van der Waals surface area contributed by atoms with Crippen LogP contribution in [0.5, 0.6) is 0 Å². The van der Waals surface area contributed by atoms with Crippen LogP contribution < -0.4 is 5.69 Å². The van der Waals surface area contributed by atoms with Crippen molar-refractivity contribution in [1.29, 1.82) is 0 Å². The number of rotatable bonds is 4. The second kappa shape index (κ2) is 6.45. The lowest BCUT2D eigenvalue weighted by molar-refractivity contribution is 0.101. The highest BCUT2D eigenvalue weighted by Crippen LogP contribution is 2.71. The number of para-hydroxylation sites is 2. The van der Waals surface area contributed by atoms with Crippen molar-refractivity contribution in [3.8, 4) is 0 Å². The van der Waals surface area contributed by atoms with Gasteiger partial charge in [-0.3, -0.25) is 4.57 Å².